The van der Waals surface area contributed by atoms with E-state index in [1.54, 1.807) is 5.43 Å². The highest BCUT2D eigenvalue weighted by Crippen LogP contribution is 2.36. The summed E-state index contributed by atoms with van der Waals surface area (Å²) < 4.78 is 78.2. The van der Waals surface area contributed by atoms with Gasteiger partial charge in [-0.2, -0.15) is 31.6 Å². The molecule has 0 saturated heterocycles. The fraction of sp³-hybridized carbons (Fsp3) is 0.125. The van der Waals surface area contributed by atoms with E-state index in [1.807, 2.05) is 5.43 Å². The number of benzene rings is 2. The van der Waals surface area contributed by atoms with Crippen molar-refractivity contribution in [2.24, 2.45) is 0 Å². The van der Waals surface area contributed by atoms with Crippen LogP contribution in [-0.2, 0) is 12.4 Å². The molecular formula is C16H8ClF6N3O. The summed E-state index contributed by atoms with van der Waals surface area (Å²) in [4.78, 5) is 12.0. The van der Waals surface area contributed by atoms with Crippen LogP contribution < -0.4 is 10.9 Å². The van der Waals surface area contributed by atoms with Gasteiger partial charge in [-0.1, -0.05) is 11.6 Å². The number of rotatable bonds is 3. The first-order valence-electron chi connectivity index (χ1n) is 6.98. The highest BCUT2D eigenvalue weighted by Gasteiger charge is 2.36. The van der Waals surface area contributed by atoms with E-state index in [4.69, 9.17) is 16.9 Å². The maximum Gasteiger partial charge on any atom is 0.418 e. The Morgan fingerprint density at radius 2 is 1.59 bits per heavy atom. The Morgan fingerprint density at radius 1 is 0.963 bits per heavy atom. The average molecular weight is 408 g/mol. The van der Waals surface area contributed by atoms with Crippen LogP contribution in [-0.4, -0.2) is 5.91 Å². The molecule has 0 atom stereocenters. The van der Waals surface area contributed by atoms with Gasteiger partial charge in [-0.3, -0.25) is 15.6 Å². The number of anilines is 1. The van der Waals surface area contributed by atoms with Crippen molar-refractivity contribution in [3.63, 3.8) is 0 Å². The minimum absolute atomic E-state index is 0.265. The van der Waals surface area contributed by atoms with Gasteiger partial charge in [0.15, 0.2) is 0 Å². The van der Waals surface area contributed by atoms with E-state index in [2.05, 4.69) is 0 Å². The lowest BCUT2D eigenvalue weighted by Gasteiger charge is -2.17. The van der Waals surface area contributed by atoms with E-state index in [9.17, 15) is 31.1 Å². The fourth-order valence-corrected chi connectivity index (χ4v) is 2.27. The number of hydrogen-bond acceptors (Lipinski definition) is 3. The third-order valence-corrected chi connectivity index (χ3v) is 3.53. The molecule has 0 aliphatic carbocycles. The average Bonchev–Trinajstić information content (AvgIpc) is 2.57. The van der Waals surface area contributed by atoms with E-state index >= 15 is 0 Å². The summed E-state index contributed by atoms with van der Waals surface area (Å²) in [7, 11) is 0. The topological polar surface area (TPSA) is 64.9 Å². The van der Waals surface area contributed by atoms with E-state index in [-0.39, 0.29) is 10.6 Å². The Labute approximate surface area is 153 Å². The molecule has 0 aliphatic rings. The Bertz CT molecular complexity index is 918. The molecule has 0 bridgehead atoms. The van der Waals surface area contributed by atoms with Crippen LogP contribution in [0.15, 0.2) is 36.4 Å². The molecule has 0 aliphatic heterocycles. The minimum atomic E-state index is -4.90. The maximum absolute atomic E-state index is 13.1. The molecule has 0 unspecified atom stereocenters. The van der Waals surface area contributed by atoms with E-state index in [0.717, 1.165) is 24.3 Å². The van der Waals surface area contributed by atoms with Gasteiger partial charge in [0.1, 0.15) is 0 Å². The molecule has 4 nitrogen and oxygen atoms in total. The van der Waals surface area contributed by atoms with Crippen LogP contribution in [0.2, 0.25) is 5.02 Å². The smallest absolute Gasteiger partial charge is 0.298 e. The first-order valence-corrected chi connectivity index (χ1v) is 7.35. The van der Waals surface area contributed by atoms with Gasteiger partial charge in [0.2, 0.25) is 0 Å². The van der Waals surface area contributed by atoms with Crippen LogP contribution in [0.1, 0.15) is 27.0 Å². The van der Waals surface area contributed by atoms with Crippen LogP contribution in [0.4, 0.5) is 32.0 Å². The van der Waals surface area contributed by atoms with Gasteiger partial charge in [-0.05, 0) is 36.4 Å². The molecule has 1 amide bonds. The van der Waals surface area contributed by atoms with Crippen molar-refractivity contribution in [2.75, 3.05) is 5.43 Å². The first kappa shape index (κ1) is 20.4. The highest BCUT2D eigenvalue weighted by molar-refractivity contribution is 6.30. The van der Waals surface area contributed by atoms with Crippen LogP contribution in [0.3, 0.4) is 0 Å². The number of carbonyl (C=O) groups is 1. The molecule has 2 aromatic rings. The van der Waals surface area contributed by atoms with Crippen molar-refractivity contribution in [1.82, 2.24) is 5.43 Å². The van der Waals surface area contributed by atoms with Crippen molar-refractivity contribution in [3.05, 3.63) is 63.7 Å². The quantitative estimate of drug-likeness (QED) is 0.555. The number of amides is 1. The molecule has 0 fully saturated rings. The van der Waals surface area contributed by atoms with Crippen molar-refractivity contribution >= 4 is 23.2 Å². The minimum Gasteiger partial charge on any atom is -0.298 e. The number of hydrogen-bond donors (Lipinski definition) is 2. The highest BCUT2D eigenvalue weighted by atomic mass is 35.5. The summed E-state index contributed by atoms with van der Waals surface area (Å²) in [5.74, 6) is -1.32. The molecule has 2 rings (SSSR count). The van der Waals surface area contributed by atoms with E-state index in [1.165, 1.54) is 6.07 Å². The number of carbonyl (C=O) groups excluding carboxylic acids is 1. The molecular weight excluding hydrogens is 400 g/mol. The summed E-state index contributed by atoms with van der Waals surface area (Å²) in [5, 5.41) is 8.42. The van der Waals surface area contributed by atoms with Gasteiger partial charge in [0, 0.05) is 5.02 Å². The van der Waals surface area contributed by atoms with Gasteiger partial charge in [-0.15, -0.1) is 0 Å². The van der Waals surface area contributed by atoms with Gasteiger partial charge >= 0.3 is 12.4 Å². The fourth-order valence-electron chi connectivity index (χ4n) is 2.10. The van der Waals surface area contributed by atoms with Gasteiger partial charge in [-0.25, -0.2) is 0 Å². The Kier molecular flexibility index (Phi) is 5.56. The number of nitrogens with zero attached hydrogens (tertiary/aromatic N) is 1. The van der Waals surface area contributed by atoms with Crippen LogP contribution in [0.5, 0.6) is 0 Å². The second-order valence-electron chi connectivity index (χ2n) is 5.14. The molecule has 0 heterocycles. The molecule has 2 aromatic carbocycles. The number of halogens is 7. The van der Waals surface area contributed by atoms with Crippen molar-refractivity contribution in [1.29, 1.82) is 5.26 Å². The Hall–Kier alpha value is -2.93. The first-order chi connectivity index (χ1) is 12.4. The molecule has 0 spiro atoms. The number of nitriles is 1. The largest absolute Gasteiger partial charge is 0.418 e. The number of nitrogens with one attached hydrogen (secondary N) is 2. The van der Waals surface area contributed by atoms with Crippen molar-refractivity contribution < 1.29 is 31.1 Å². The summed E-state index contributed by atoms with van der Waals surface area (Å²) in [6.45, 7) is 0. The summed E-state index contributed by atoms with van der Waals surface area (Å²) in [5.41, 5.74) is -0.651. The lowest BCUT2D eigenvalue weighted by atomic mass is 10.1. The Balaban J connectivity index is 2.31. The lowest BCUT2D eigenvalue weighted by molar-refractivity contribution is -0.138. The van der Waals surface area contributed by atoms with Crippen LogP contribution >= 0.6 is 11.6 Å². The summed E-state index contributed by atoms with van der Waals surface area (Å²) >= 11 is 5.50. The third-order valence-electron chi connectivity index (χ3n) is 3.30. The molecule has 0 aromatic heterocycles. The van der Waals surface area contributed by atoms with Crippen molar-refractivity contribution in [3.8, 4) is 6.07 Å². The van der Waals surface area contributed by atoms with Crippen molar-refractivity contribution in [2.45, 2.75) is 12.4 Å². The second kappa shape index (κ2) is 7.36. The summed E-state index contributed by atoms with van der Waals surface area (Å²) in [6.07, 6.45) is -9.76. The zero-order valence-corrected chi connectivity index (χ0v) is 13.7. The SMILES string of the molecule is N#Cc1ccc(NNC(=O)c2ccc(Cl)cc2C(F)(F)F)c(C(F)(F)F)c1. The number of alkyl halides is 6. The molecule has 27 heavy (non-hydrogen) atoms. The van der Waals surface area contributed by atoms with Crippen LogP contribution in [0, 0.1) is 11.3 Å². The van der Waals surface area contributed by atoms with Gasteiger partial charge in [0.25, 0.3) is 5.91 Å². The molecule has 11 heteroatoms. The molecule has 142 valence electrons. The number of hydrazine groups is 1. The van der Waals surface area contributed by atoms with Crippen LogP contribution in [0.25, 0.3) is 0 Å². The van der Waals surface area contributed by atoms with Gasteiger partial charge < -0.3 is 0 Å². The van der Waals surface area contributed by atoms with E-state index < -0.39 is 40.6 Å². The second-order valence-corrected chi connectivity index (χ2v) is 5.57. The van der Waals surface area contributed by atoms with E-state index in [0.29, 0.717) is 12.1 Å². The summed E-state index contributed by atoms with van der Waals surface area (Å²) in [6, 6.07) is 6.35. The lowest BCUT2D eigenvalue weighted by Crippen LogP contribution is -2.32. The van der Waals surface area contributed by atoms with Gasteiger partial charge in [0.05, 0.1) is 34.0 Å². The maximum atomic E-state index is 13.1. The monoisotopic (exact) mass is 407 g/mol. The normalized spacial score (nSPS) is 11.6. The predicted octanol–water partition coefficient (Wildman–Crippen LogP) is 5.01. The predicted molar refractivity (Wildman–Crippen MR) is 83.7 cm³/mol. The molecule has 0 radical (unpaired) electrons. The Morgan fingerprint density at radius 3 is 2.15 bits per heavy atom. The molecule has 0 saturated carbocycles. The standard InChI is InChI=1S/C16H8ClF6N3O/c17-9-2-3-10(11(6-9)15(18,19)20)14(27)26-25-13-4-1-8(7-24)5-12(13)16(21,22)23/h1-6,25H,(H,26,27). The third kappa shape index (κ3) is 4.83. The zero-order chi connectivity index (χ0) is 20.4. The molecule has 2 N–H and O–H groups in total. The zero-order valence-electron chi connectivity index (χ0n) is 13.0.